The maximum atomic E-state index is 5.36. The number of thiocarbonyl (C=S) groups is 1. The minimum Gasteiger partial charge on any atom is -0.454 e. The van der Waals surface area contributed by atoms with Crippen molar-refractivity contribution in [1.82, 2.24) is 14.9 Å². The van der Waals surface area contributed by atoms with Crippen LogP contribution in [-0.4, -0.2) is 21.5 Å². The van der Waals surface area contributed by atoms with E-state index < -0.39 is 0 Å². The molecule has 1 aromatic heterocycles. The molecular formula is C17H14N4O2S2. The maximum absolute atomic E-state index is 5.36. The zero-order valence-electron chi connectivity index (χ0n) is 13.1. The second-order valence-corrected chi connectivity index (χ2v) is 6.38. The van der Waals surface area contributed by atoms with E-state index in [1.54, 1.807) is 0 Å². The van der Waals surface area contributed by atoms with E-state index >= 15 is 0 Å². The standard InChI is InChI=1S/C17H14N4O2S2/c24-17(19-13-5-6-15-16(7-13)23-10-22-15)18-8-11-1-3-12(4-2-11)14-9-25-21-20-14/h1-7,9H,8,10H2,(H2,18,19,24). The van der Waals surface area contributed by atoms with Gasteiger partial charge in [-0.3, -0.25) is 0 Å². The lowest BCUT2D eigenvalue weighted by Crippen LogP contribution is -2.27. The minimum absolute atomic E-state index is 0.258. The van der Waals surface area contributed by atoms with Crippen molar-refractivity contribution in [2.45, 2.75) is 6.54 Å². The Morgan fingerprint density at radius 2 is 1.96 bits per heavy atom. The van der Waals surface area contributed by atoms with Crippen molar-refractivity contribution in [3.8, 4) is 22.8 Å². The molecule has 126 valence electrons. The van der Waals surface area contributed by atoms with Gasteiger partial charge >= 0.3 is 0 Å². The van der Waals surface area contributed by atoms with Crippen molar-refractivity contribution in [1.29, 1.82) is 0 Å². The molecule has 6 nitrogen and oxygen atoms in total. The van der Waals surface area contributed by atoms with Gasteiger partial charge in [-0.15, -0.1) is 5.10 Å². The summed E-state index contributed by atoms with van der Waals surface area (Å²) in [7, 11) is 0. The summed E-state index contributed by atoms with van der Waals surface area (Å²) in [6.07, 6.45) is 0. The van der Waals surface area contributed by atoms with Gasteiger partial charge in [0.1, 0.15) is 5.69 Å². The van der Waals surface area contributed by atoms with E-state index in [0.717, 1.165) is 34.0 Å². The molecule has 4 rings (SSSR count). The Hall–Kier alpha value is -2.71. The molecule has 0 bridgehead atoms. The molecule has 1 aliphatic rings. The molecule has 0 saturated carbocycles. The second kappa shape index (κ2) is 7.04. The molecule has 3 aromatic rings. The van der Waals surface area contributed by atoms with Gasteiger partial charge in [0.15, 0.2) is 16.6 Å². The normalized spacial score (nSPS) is 12.0. The molecule has 2 aromatic carbocycles. The largest absolute Gasteiger partial charge is 0.454 e. The molecular weight excluding hydrogens is 356 g/mol. The summed E-state index contributed by atoms with van der Waals surface area (Å²) in [5.74, 6) is 1.47. The number of aromatic nitrogens is 2. The predicted molar refractivity (Wildman–Crippen MR) is 101 cm³/mol. The van der Waals surface area contributed by atoms with E-state index in [4.69, 9.17) is 21.7 Å². The summed E-state index contributed by atoms with van der Waals surface area (Å²) in [5, 5.41) is 12.9. The van der Waals surface area contributed by atoms with Crippen LogP contribution in [0.2, 0.25) is 0 Å². The van der Waals surface area contributed by atoms with Gasteiger partial charge < -0.3 is 20.1 Å². The molecule has 0 atom stereocenters. The van der Waals surface area contributed by atoms with Gasteiger partial charge in [0.05, 0.1) is 0 Å². The van der Waals surface area contributed by atoms with Crippen molar-refractivity contribution >= 4 is 34.6 Å². The quantitative estimate of drug-likeness (QED) is 0.682. The molecule has 0 spiro atoms. The number of nitrogens with zero attached hydrogens (tertiary/aromatic N) is 2. The summed E-state index contributed by atoms with van der Waals surface area (Å²) in [5.41, 5.74) is 3.93. The van der Waals surface area contributed by atoms with Crippen LogP contribution in [0.3, 0.4) is 0 Å². The van der Waals surface area contributed by atoms with Crippen LogP contribution >= 0.6 is 23.8 Å². The summed E-state index contributed by atoms with van der Waals surface area (Å²) in [6, 6.07) is 13.8. The molecule has 0 unspecified atom stereocenters. The summed E-state index contributed by atoms with van der Waals surface area (Å²) < 4.78 is 14.5. The fourth-order valence-corrected chi connectivity index (χ4v) is 3.07. The third-order valence-electron chi connectivity index (χ3n) is 3.69. The van der Waals surface area contributed by atoms with E-state index in [1.807, 2.05) is 47.8 Å². The molecule has 2 heterocycles. The van der Waals surface area contributed by atoms with Crippen LogP contribution in [0, 0.1) is 0 Å². The van der Waals surface area contributed by atoms with Gasteiger partial charge in [-0.25, -0.2) is 0 Å². The highest BCUT2D eigenvalue weighted by Gasteiger charge is 2.13. The predicted octanol–water partition coefficient (Wildman–Crippen LogP) is 3.42. The number of hydrogen-bond acceptors (Lipinski definition) is 6. The lowest BCUT2D eigenvalue weighted by Gasteiger charge is -2.11. The lowest BCUT2D eigenvalue weighted by atomic mass is 10.1. The van der Waals surface area contributed by atoms with Gasteiger partial charge in [0.25, 0.3) is 0 Å². The SMILES string of the molecule is S=C(NCc1ccc(-c2csnn2)cc1)Nc1ccc2c(c1)OCO2. The first kappa shape index (κ1) is 15.8. The maximum Gasteiger partial charge on any atom is 0.231 e. The number of nitrogens with one attached hydrogen (secondary N) is 2. The van der Waals surface area contributed by atoms with Gasteiger partial charge in [0.2, 0.25) is 6.79 Å². The molecule has 0 radical (unpaired) electrons. The van der Waals surface area contributed by atoms with Gasteiger partial charge in [-0.05, 0) is 41.4 Å². The number of fused-ring (bicyclic) bond motifs is 1. The Morgan fingerprint density at radius 3 is 2.76 bits per heavy atom. The molecule has 0 aliphatic carbocycles. The third kappa shape index (κ3) is 3.70. The molecule has 2 N–H and O–H groups in total. The lowest BCUT2D eigenvalue weighted by molar-refractivity contribution is 0.174. The minimum atomic E-state index is 0.258. The number of rotatable bonds is 4. The zero-order valence-corrected chi connectivity index (χ0v) is 14.7. The highest BCUT2D eigenvalue weighted by Crippen LogP contribution is 2.34. The van der Waals surface area contributed by atoms with Crippen LogP contribution in [0.5, 0.6) is 11.5 Å². The molecule has 0 saturated heterocycles. The van der Waals surface area contributed by atoms with E-state index in [1.165, 1.54) is 11.5 Å². The Bertz CT molecular complexity index is 882. The van der Waals surface area contributed by atoms with Crippen molar-refractivity contribution in [2.24, 2.45) is 0 Å². The van der Waals surface area contributed by atoms with E-state index in [9.17, 15) is 0 Å². The Balaban J connectivity index is 1.32. The number of benzene rings is 2. The molecule has 8 heteroatoms. The van der Waals surface area contributed by atoms with Crippen LogP contribution in [0.1, 0.15) is 5.56 Å². The smallest absolute Gasteiger partial charge is 0.231 e. The third-order valence-corrected chi connectivity index (χ3v) is 4.44. The molecule has 1 aliphatic heterocycles. The van der Waals surface area contributed by atoms with Gasteiger partial charge in [0, 0.05) is 29.2 Å². The van der Waals surface area contributed by atoms with Crippen LogP contribution in [0.4, 0.5) is 5.69 Å². The van der Waals surface area contributed by atoms with Crippen molar-refractivity contribution in [2.75, 3.05) is 12.1 Å². The van der Waals surface area contributed by atoms with Crippen LogP contribution in [0.15, 0.2) is 47.8 Å². The van der Waals surface area contributed by atoms with Crippen molar-refractivity contribution in [3.63, 3.8) is 0 Å². The van der Waals surface area contributed by atoms with E-state index in [0.29, 0.717) is 11.7 Å². The Labute approximate surface area is 154 Å². The van der Waals surface area contributed by atoms with Crippen molar-refractivity contribution in [3.05, 3.63) is 53.4 Å². The topological polar surface area (TPSA) is 68.3 Å². The first-order valence-electron chi connectivity index (χ1n) is 7.59. The number of anilines is 1. The summed E-state index contributed by atoms with van der Waals surface area (Å²) in [4.78, 5) is 0. The van der Waals surface area contributed by atoms with Gasteiger partial charge in [-0.1, -0.05) is 28.8 Å². The Morgan fingerprint density at radius 1 is 1.12 bits per heavy atom. The molecule has 0 fully saturated rings. The average molecular weight is 370 g/mol. The van der Waals surface area contributed by atoms with E-state index in [-0.39, 0.29) is 6.79 Å². The van der Waals surface area contributed by atoms with Gasteiger partial charge in [-0.2, -0.15) is 0 Å². The molecule has 0 amide bonds. The average Bonchev–Trinajstić information content (AvgIpc) is 3.32. The summed E-state index contributed by atoms with van der Waals surface area (Å²) >= 11 is 6.69. The monoisotopic (exact) mass is 370 g/mol. The van der Waals surface area contributed by atoms with Crippen LogP contribution in [0.25, 0.3) is 11.3 Å². The van der Waals surface area contributed by atoms with E-state index in [2.05, 4.69) is 20.2 Å². The summed E-state index contributed by atoms with van der Waals surface area (Å²) in [6.45, 7) is 0.889. The number of hydrogen-bond donors (Lipinski definition) is 2. The molecule has 25 heavy (non-hydrogen) atoms. The van der Waals surface area contributed by atoms with Crippen LogP contribution in [-0.2, 0) is 6.54 Å². The highest BCUT2D eigenvalue weighted by molar-refractivity contribution is 7.80. The zero-order chi connectivity index (χ0) is 17.1. The fraction of sp³-hybridized carbons (Fsp3) is 0.118. The first-order valence-corrected chi connectivity index (χ1v) is 8.83. The first-order chi connectivity index (χ1) is 12.3. The Kier molecular flexibility index (Phi) is 4.45. The second-order valence-electron chi connectivity index (χ2n) is 5.36. The highest BCUT2D eigenvalue weighted by atomic mass is 32.1. The fourth-order valence-electron chi connectivity index (χ4n) is 2.42. The van der Waals surface area contributed by atoms with Crippen molar-refractivity contribution < 1.29 is 9.47 Å². The van der Waals surface area contributed by atoms with Crippen LogP contribution < -0.4 is 20.1 Å². The number of ether oxygens (including phenoxy) is 2.